The smallest absolute Gasteiger partial charge is 0.246 e. The lowest BCUT2D eigenvalue weighted by Gasteiger charge is -2.55. The van der Waals surface area contributed by atoms with Crippen LogP contribution in [0.1, 0.15) is 56.2 Å². The van der Waals surface area contributed by atoms with E-state index in [9.17, 15) is 4.79 Å². The molecule has 6 nitrogen and oxygen atoms in total. The molecular formula is C19H25N5O. The van der Waals surface area contributed by atoms with E-state index in [1.54, 1.807) is 10.9 Å². The number of nitriles is 1. The van der Waals surface area contributed by atoms with Gasteiger partial charge in [-0.05, 0) is 63.2 Å². The Hall–Kier alpha value is -2.16. The van der Waals surface area contributed by atoms with E-state index >= 15 is 0 Å². The van der Waals surface area contributed by atoms with Crippen molar-refractivity contribution >= 4 is 12.1 Å². The maximum Gasteiger partial charge on any atom is 0.246 e. The summed E-state index contributed by atoms with van der Waals surface area (Å²) in [4.78, 5) is 12.8. The Balaban J connectivity index is 1.40. The molecule has 1 amide bonds. The van der Waals surface area contributed by atoms with Crippen LogP contribution in [0.2, 0.25) is 0 Å². The van der Waals surface area contributed by atoms with Crippen molar-refractivity contribution in [1.82, 2.24) is 15.2 Å². The molecule has 5 rings (SSSR count). The highest BCUT2D eigenvalue weighted by Gasteiger charge is 2.54. The molecule has 0 spiro atoms. The maximum absolute atomic E-state index is 12.8. The van der Waals surface area contributed by atoms with Gasteiger partial charge in [0.1, 0.15) is 0 Å². The molecule has 1 N–H and O–H groups in total. The predicted molar refractivity (Wildman–Crippen MR) is 93.5 cm³/mol. The molecule has 25 heavy (non-hydrogen) atoms. The van der Waals surface area contributed by atoms with Crippen LogP contribution in [0.15, 0.2) is 11.3 Å². The Kier molecular flexibility index (Phi) is 4.10. The second-order valence-electron chi connectivity index (χ2n) is 8.24. The van der Waals surface area contributed by atoms with Gasteiger partial charge < -0.3 is 0 Å². The van der Waals surface area contributed by atoms with Crippen LogP contribution in [0, 0.1) is 41.4 Å². The highest BCUT2D eigenvalue weighted by atomic mass is 16.2. The van der Waals surface area contributed by atoms with E-state index in [1.165, 1.54) is 19.3 Å². The van der Waals surface area contributed by atoms with Crippen molar-refractivity contribution in [1.29, 1.82) is 5.26 Å². The summed E-state index contributed by atoms with van der Waals surface area (Å²) in [7, 11) is 0. The number of hydrogen-bond acceptors (Lipinski definition) is 4. The first-order chi connectivity index (χ1) is 12.1. The van der Waals surface area contributed by atoms with Crippen molar-refractivity contribution < 1.29 is 4.79 Å². The molecule has 1 aromatic heterocycles. The van der Waals surface area contributed by atoms with Gasteiger partial charge in [-0.1, -0.05) is 0 Å². The first-order valence-electron chi connectivity index (χ1n) is 9.32. The van der Waals surface area contributed by atoms with Crippen molar-refractivity contribution in [3.05, 3.63) is 17.5 Å². The van der Waals surface area contributed by atoms with Crippen LogP contribution in [0.25, 0.3) is 0 Å². The molecule has 4 aliphatic rings. The average molecular weight is 339 g/mol. The molecule has 132 valence electrons. The van der Waals surface area contributed by atoms with Crippen LogP contribution in [0.5, 0.6) is 0 Å². The lowest BCUT2D eigenvalue weighted by molar-refractivity contribution is -0.146. The summed E-state index contributed by atoms with van der Waals surface area (Å²) < 4.78 is 1.75. The number of hydrogen-bond donors (Lipinski definition) is 1. The van der Waals surface area contributed by atoms with E-state index in [4.69, 9.17) is 5.26 Å². The molecule has 4 fully saturated rings. The summed E-state index contributed by atoms with van der Waals surface area (Å²) in [5, 5.41) is 17.2. The minimum absolute atomic E-state index is 0.109. The van der Waals surface area contributed by atoms with Gasteiger partial charge in [-0.25, -0.2) is 5.43 Å². The van der Waals surface area contributed by atoms with Crippen LogP contribution < -0.4 is 5.43 Å². The van der Waals surface area contributed by atoms with Crippen molar-refractivity contribution in [3.8, 4) is 6.07 Å². The molecule has 6 heteroatoms. The number of amides is 1. The maximum atomic E-state index is 12.8. The molecular weight excluding hydrogens is 314 g/mol. The second kappa shape index (κ2) is 6.29. The van der Waals surface area contributed by atoms with Gasteiger partial charge in [-0.3, -0.25) is 9.48 Å². The molecule has 1 aromatic rings. The summed E-state index contributed by atoms with van der Waals surface area (Å²) in [6, 6.07) is 2.11. The van der Waals surface area contributed by atoms with E-state index in [0.29, 0.717) is 13.0 Å². The number of nitrogens with one attached hydrogen (secondary N) is 1. The monoisotopic (exact) mass is 339 g/mol. The third-order valence-electron chi connectivity index (χ3n) is 6.33. The van der Waals surface area contributed by atoms with Crippen LogP contribution in [-0.2, 0) is 11.3 Å². The zero-order valence-electron chi connectivity index (χ0n) is 14.7. The molecule has 0 atom stereocenters. The Morgan fingerprint density at radius 1 is 1.40 bits per heavy atom. The fourth-order valence-electron chi connectivity index (χ4n) is 5.61. The van der Waals surface area contributed by atoms with E-state index in [0.717, 1.165) is 48.3 Å². The summed E-state index contributed by atoms with van der Waals surface area (Å²) in [5.41, 5.74) is 4.37. The van der Waals surface area contributed by atoms with Crippen molar-refractivity contribution in [2.45, 2.75) is 58.4 Å². The van der Waals surface area contributed by atoms with E-state index in [-0.39, 0.29) is 11.3 Å². The standard InChI is InChI=1S/C19H25N5O/c1-13-17(12-24(23-13)4-2-3-20)11-21-22-18(25)19-8-14-5-15(9-19)7-16(6-14)10-19/h11-12,14-16H,2,4-10H2,1H3,(H,22,25). The van der Waals surface area contributed by atoms with Crippen LogP contribution >= 0.6 is 0 Å². The highest BCUT2D eigenvalue weighted by molar-refractivity contribution is 5.86. The number of carbonyl (C=O) groups excluding carboxylic acids is 1. The Bertz CT molecular complexity index is 706. The fraction of sp³-hybridized carbons (Fsp3) is 0.684. The number of aryl methyl sites for hydroxylation is 2. The number of rotatable bonds is 5. The molecule has 4 saturated carbocycles. The van der Waals surface area contributed by atoms with Crippen LogP contribution in [0.3, 0.4) is 0 Å². The third-order valence-corrected chi connectivity index (χ3v) is 6.33. The van der Waals surface area contributed by atoms with Gasteiger partial charge in [-0.2, -0.15) is 15.5 Å². The predicted octanol–water partition coefficient (Wildman–Crippen LogP) is 2.77. The SMILES string of the molecule is Cc1nn(CCC#N)cc1C=NNC(=O)C12CC3CC(CC(C3)C1)C2. The zero-order valence-corrected chi connectivity index (χ0v) is 14.7. The van der Waals surface area contributed by atoms with Crippen LogP contribution in [0.4, 0.5) is 0 Å². The van der Waals surface area contributed by atoms with Gasteiger partial charge in [-0.15, -0.1) is 0 Å². The van der Waals surface area contributed by atoms with Gasteiger partial charge in [0, 0.05) is 11.8 Å². The quantitative estimate of drug-likeness (QED) is 0.661. The fourth-order valence-corrected chi connectivity index (χ4v) is 5.61. The van der Waals surface area contributed by atoms with Gasteiger partial charge in [0.05, 0.1) is 36.4 Å². The first kappa shape index (κ1) is 16.3. The highest BCUT2D eigenvalue weighted by Crippen LogP contribution is 2.60. The van der Waals surface area contributed by atoms with E-state index in [2.05, 4.69) is 21.7 Å². The van der Waals surface area contributed by atoms with Gasteiger partial charge >= 0.3 is 0 Å². The van der Waals surface area contributed by atoms with E-state index in [1.807, 2.05) is 13.1 Å². The third kappa shape index (κ3) is 3.08. The minimum atomic E-state index is -0.169. The molecule has 4 bridgehead atoms. The summed E-state index contributed by atoms with van der Waals surface area (Å²) in [5.74, 6) is 2.36. The molecule has 0 radical (unpaired) electrons. The molecule has 0 aromatic carbocycles. The largest absolute Gasteiger partial charge is 0.273 e. The van der Waals surface area contributed by atoms with Crippen molar-refractivity contribution in [2.24, 2.45) is 28.3 Å². The molecule has 0 saturated heterocycles. The average Bonchev–Trinajstić information content (AvgIpc) is 2.91. The molecule has 1 heterocycles. The zero-order chi connectivity index (χ0) is 17.4. The Labute approximate surface area is 148 Å². The van der Waals surface area contributed by atoms with Gasteiger partial charge in [0.15, 0.2) is 0 Å². The number of hydrazone groups is 1. The Morgan fingerprint density at radius 2 is 2.04 bits per heavy atom. The lowest BCUT2D eigenvalue weighted by Crippen LogP contribution is -2.52. The normalized spacial score (nSPS) is 32.9. The minimum Gasteiger partial charge on any atom is -0.273 e. The topological polar surface area (TPSA) is 83.1 Å². The number of nitrogens with zero attached hydrogens (tertiary/aromatic N) is 4. The number of aromatic nitrogens is 2. The summed E-state index contributed by atoms with van der Waals surface area (Å²) >= 11 is 0. The van der Waals surface area contributed by atoms with Crippen molar-refractivity contribution in [2.75, 3.05) is 0 Å². The Morgan fingerprint density at radius 3 is 2.64 bits per heavy atom. The summed E-state index contributed by atoms with van der Waals surface area (Å²) in [6.45, 7) is 2.48. The van der Waals surface area contributed by atoms with Gasteiger partial charge in [0.25, 0.3) is 0 Å². The molecule has 4 aliphatic carbocycles. The molecule has 0 aliphatic heterocycles. The van der Waals surface area contributed by atoms with E-state index < -0.39 is 0 Å². The van der Waals surface area contributed by atoms with Crippen LogP contribution in [-0.4, -0.2) is 21.9 Å². The van der Waals surface area contributed by atoms with Crippen molar-refractivity contribution in [3.63, 3.8) is 0 Å². The second-order valence-corrected chi connectivity index (χ2v) is 8.24. The summed E-state index contributed by atoms with van der Waals surface area (Å²) in [6.07, 6.45) is 11.1. The van der Waals surface area contributed by atoms with Gasteiger partial charge in [0.2, 0.25) is 5.91 Å². The number of carbonyl (C=O) groups is 1. The molecule has 0 unspecified atom stereocenters. The first-order valence-corrected chi connectivity index (χ1v) is 9.32. The lowest BCUT2D eigenvalue weighted by atomic mass is 9.49.